The van der Waals surface area contributed by atoms with Crippen molar-refractivity contribution in [1.29, 1.82) is 10.5 Å². The number of nitrogens with zero attached hydrogens (tertiary/aromatic N) is 4. The Morgan fingerprint density at radius 3 is 2.14 bits per heavy atom. The summed E-state index contributed by atoms with van der Waals surface area (Å²) in [5.74, 6) is -3.55. The number of hydrazone groups is 1. The Balaban J connectivity index is 2.03. The highest BCUT2D eigenvalue weighted by Crippen LogP contribution is 2.39. The van der Waals surface area contributed by atoms with Crippen molar-refractivity contribution in [3.05, 3.63) is 65.7 Å². The molecule has 0 N–H and O–H groups in total. The molecule has 8 heteroatoms. The molecule has 29 heavy (non-hydrogen) atoms. The van der Waals surface area contributed by atoms with E-state index >= 15 is 0 Å². The van der Waals surface area contributed by atoms with Crippen LogP contribution in [0.15, 0.2) is 59.7 Å². The highest BCUT2D eigenvalue weighted by molar-refractivity contribution is 6.15. The van der Waals surface area contributed by atoms with Gasteiger partial charge in [-0.3, -0.25) is 4.79 Å². The van der Waals surface area contributed by atoms with Gasteiger partial charge in [0.15, 0.2) is 0 Å². The van der Waals surface area contributed by atoms with Gasteiger partial charge in [-0.05, 0) is 36.8 Å². The molecule has 1 amide bonds. The van der Waals surface area contributed by atoms with E-state index in [0.717, 1.165) is 12.1 Å². The van der Waals surface area contributed by atoms with E-state index in [9.17, 15) is 28.5 Å². The summed E-state index contributed by atoms with van der Waals surface area (Å²) in [5, 5.41) is 24.4. The second-order valence-electron chi connectivity index (χ2n) is 6.59. The van der Waals surface area contributed by atoms with Crippen LogP contribution in [0.25, 0.3) is 0 Å². The minimum atomic E-state index is -4.51. The molecule has 1 aliphatic rings. The third-order valence-electron chi connectivity index (χ3n) is 4.80. The van der Waals surface area contributed by atoms with Crippen LogP contribution in [0.3, 0.4) is 0 Å². The van der Waals surface area contributed by atoms with Crippen molar-refractivity contribution in [1.82, 2.24) is 0 Å². The molecule has 0 saturated heterocycles. The Morgan fingerprint density at radius 1 is 1.03 bits per heavy atom. The fourth-order valence-electron chi connectivity index (χ4n) is 3.41. The van der Waals surface area contributed by atoms with Crippen molar-refractivity contribution in [2.45, 2.75) is 19.0 Å². The highest BCUT2D eigenvalue weighted by Gasteiger charge is 2.44. The maximum atomic E-state index is 13.1. The third kappa shape index (κ3) is 3.83. The number of rotatable bonds is 4. The van der Waals surface area contributed by atoms with E-state index in [-0.39, 0.29) is 0 Å². The largest absolute Gasteiger partial charge is 0.416 e. The van der Waals surface area contributed by atoms with E-state index in [2.05, 4.69) is 5.10 Å². The van der Waals surface area contributed by atoms with Crippen LogP contribution in [-0.2, 0) is 11.0 Å². The minimum Gasteiger partial charge on any atom is -0.272 e. The molecular weight excluding hydrogens is 381 g/mol. The van der Waals surface area contributed by atoms with Gasteiger partial charge in [0.25, 0.3) is 5.91 Å². The highest BCUT2D eigenvalue weighted by atomic mass is 19.4. The third-order valence-corrected chi connectivity index (χ3v) is 4.80. The number of carbonyl (C=O) groups excluding carboxylic acids is 1. The summed E-state index contributed by atoms with van der Waals surface area (Å²) in [7, 11) is 0. The van der Waals surface area contributed by atoms with Gasteiger partial charge < -0.3 is 0 Å². The predicted molar refractivity (Wildman–Crippen MR) is 99.4 cm³/mol. The van der Waals surface area contributed by atoms with Crippen molar-refractivity contribution in [3.63, 3.8) is 0 Å². The fourth-order valence-corrected chi connectivity index (χ4v) is 3.41. The number of halogens is 3. The number of amides is 1. The van der Waals surface area contributed by atoms with Crippen molar-refractivity contribution in [3.8, 4) is 12.1 Å². The summed E-state index contributed by atoms with van der Waals surface area (Å²) in [6, 6.07) is 16.5. The zero-order valence-corrected chi connectivity index (χ0v) is 15.3. The lowest BCUT2D eigenvalue weighted by Crippen LogP contribution is -2.34. The summed E-state index contributed by atoms with van der Waals surface area (Å²) in [5.41, 5.74) is 0.365. The van der Waals surface area contributed by atoms with E-state index in [0.29, 0.717) is 17.0 Å². The molecule has 1 aliphatic heterocycles. The normalized spacial score (nSPS) is 17.6. The van der Waals surface area contributed by atoms with Crippen LogP contribution < -0.4 is 5.01 Å². The van der Waals surface area contributed by atoms with Gasteiger partial charge in [0.1, 0.15) is 5.92 Å². The van der Waals surface area contributed by atoms with Gasteiger partial charge in [0.05, 0.1) is 29.3 Å². The lowest BCUT2D eigenvalue weighted by molar-refractivity contribution is -0.137. The molecule has 3 rings (SSSR count). The van der Waals surface area contributed by atoms with E-state index in [1.54, 1.807) is 37.3 Å². The van der Waals surface area contributed by atoms with Crippen molar-refractivity contribution < 1.29 is 18.0 Å². The lowest BCUT2D eigenvalue weighted by Gasteiger charge is -2.24. The first kappa shape index (κ1) is 20.1. The maximum Gasteiger partial charge on any atom is 0.416 e. The number of nitriles is 2. The van der Waals surface area contributed by atoms with Gasteiger partial charge in [-0.25, -0.2) is 5.01 Å². The number of anilines is 1. The zero-order chi connectivity index (χ0) is 21.2. The van der Waals surface area contributed by atoms with Crippen molar-refractivity contribution >= 4 is 17.3 Å². The zero-order valence-electron chi connectivity index (χ0n) is 15.3. The van der Waals surface area contributed by atoms with Crippen LogP contribution in [0.1, 0.15) is 24.0 Å². The summed E-state index contributed by atoms with van der Waals surface area (Å²) in [6.45, 7) is 1.61. The Morgan fingerprint density at radius 2 is 1.62 bits per heavy atom. The molecule has 0 bridgehead atoms. The number of para-hydroxylation sites is 1. The topological polar surface area (TPSA) is 80.2 Å². The van der Waals surface area contributed by atoms with Gasteiger partial charge in [-0.1, -0.05) is 30.3 Å². The Bertz CT molecular complexity index is 1000. The quantitative estimate of drug-likeness (QED) is 0.764. The SMILES string of the molecule is CC1=NN(c2ccccc2)C(=O)[C@H]1[C@@H](c1ccc(C(F)(F)F)cc1)C(C#N)C#N. The summed E-state index contributed by atoms with van der Waals surface area (Å²) >= 11 is 0. The Kier molecular flexibility index (Phi) is 5.38. The Hall–Kier alpha value is -3.65. The molecule has 0 saturated carbocycles. The number of carbonyl (C=O) groups is 1. The minimum absolute atomic E-state index is 0.300. The first-order valence-corrected chi connectivity index (χ1v) is 8.68. The predicted octanol–water partition coefficient (Wildman–Crippen LogP) is 4.49. The molecule has 0 spiro atoms. The van der Waals surface area contributed by atoms with Crippen LogP contribution in [-0.4, -0.2) is 11.6 Å². The van der Waals surface area contributed by atoms with Gasteiger partial charge in [0.2, 0.25) is 0 Å². The fraction of sp³-hybridized carbons (Fsp3) is 0.238. The molecule has 0 unspecified atom stereocenters. The average Bonchev–Trinajstić information content (AvgIpc) is 3.00. The number of hydrogen-bond donors (Lipinski definition) is 0. The molecule has 0 fully saturated rings. The first-order chi connectivity index (χ1) is 13.8. The van der Waals surface area contributed by atoms with Crippen LogP contribution in [0.2, 0.25) is 0 Å². The summed E-state index contributed by atoms with van der Waals surface area (Å²) in [4.78, 5) is 13.1. The number of hydrogen-bond acceptors (Lipinski definition) is 4. The standard InChI is InChI=1S/C21H15F3N4O/c1-13-18(20(29)28(27-13)17-5-3-2-4-6-17)19(15(11-25)12-26)14-7-9-16(10-8-14)21(22,23)24/h2-10,15,18-19H,1H3/t18-,19+/m1/s1. The molecule has 5 nitrogen and oxygen atoms in total. The summed E-state index contributed by atoms with van der Waals surface area (Å²) in [6.07, 6.45) is -4.51. The second kappa shape index (κ2) is 7.76. The number of benzene rings is 2. The van der Waals surface area contributed by atoms with Crippen LogP contribution in [0, 0.1) is 34.5 Å². The monoisotopic (exact) mass is 396 g/mol. The Labute approximate surface area is 165 Å². The van der Waals surface area contributed by atoms with Crippen molar-refractivity contribution in [2.24, 2.45) is 16.9 Å². The molecule has 0 aliphatic carbocycles. The molecule has 2 aromatic rings. The first-order valence-electron chi connectivity index (χ1n) is 8.68. The smallest absolute Gasteiger partial charge is 0.272 e. The van der Waals surface area contributed by atoms with Gasteiger partial charge in [-0.15, -0.1) is 0 Å². The van der Waals surface area contributed by atoms with Gasteiger partial charge in [0, 0.05) is 11.6 Å². The second-order valence-corrected chi connectivity index (χ2v) is 6.59. The van der Waals surface area contributed by atoms with Crippen LogP contribution in [0.4, 0.5) is 18.9 Å². The van der Waals surface area contributed by atoms with E-state index in [1.807, 2.05) is 12.1 Å². The summed E-state index contributed by atoms with van der Waals surface area (Å²) < 4.78 is 38.7. The van der Waals surface area contributed by atoms with Crippen LogP contribution in [0.5, 0.6) is 0 Å². The molecule has 1 heterocycles. The molecule has 2 aromatic carbocycles. The van der Waals surface area contributed by atoms with E-state index < -0.39 is 35.4 Å². The molecular formula is C21H15F3N4O. The van der Waals surface area contributed by atoms with Crippen molar-refractivity contribution in [2.75, 3.05) is 5.01 Å². The van der Waals surface area contributed by atoms with Gasteiger partial charge in [-0.2, -0.15) is 28.8 Å². The maximum absolute atomic E-state index is 13.1. The average molecular weight is 396 g/mol. The van der Waals surface area contributed by atoms with Gasteiger partial charge >= 0.3 is 6.18 Å². The molecule has 0 radical (unpaired) electrons. The number of alkyl halides is 3. The van der Waals surface area contributed by atoms with E-state index in [1.165, 1.54) is 17.1 Å². The molecule has 146 valence electrons. The van der Waals surface area contributed by atoms with E-state index in [4.69, 9.17) is 0 Å². The molecule has 2 atom stereocenters. The lowest BCUT2D eigenvalue weighted by atomic mass is 9.75. The molecule has 0 aromatic heterocycles. The van der Waals surface area contributed by atoms with Crippen LogP contribution >= 0.6 is 0 Å².